The third kappa shape index (κ3) is 3.43. The van der Waals surface area contributed by atoms with Gasteiger partial charge in [-0.05, 0) is 47.9 Å². The Labute approximate surface area is 154 Å². The minimum Gasteiger partial charge on any atom is -0.321 e. The third-order valence-electron chi connectivity index (χ3n) is 4.44. The third-order valence-corrected chi connectivity index (χ3v) is 5.85. The van der Waals surface area contributed by atoms with Gasteiger partial charge < -0.3 is 5.32 Å². The SMILES string of the molecule is CNS(=O)(=O)c1ccc2c(c1)C(=Cc1ccc(C(C)(C)C)cc1)C(=O)N2. The molecule has 0 aliphatic carbocycles. The second-order valence-electron chi connectivity index (χ2n) is 7.30. The summed E-state index contributed by atoms with van der Waals surface area (Å²) in [6.45, 7) is 6.43. The number of benzene rings is 2. The van der Waals surface area contributed by atoms with Gasteiger partial charge in [-0.15, -0.1) is 0 Å². The number of carbonyl (C=O) groups is 1. The van der Waals surface area contributed by atoms with Gasteiger partial charge in [-0.3, -0.25) is 4.79 Å². The lowest BCUT2D eigenvalue weighted by atomic mass is 9.86. The predicted octanol–water partition coefficient (Wildman–Crippen LogP) is 3.38. The molecular weight excluding hydrogens is 348 g/mol. The summed E-state index contributed by atoms with van der Waals surface area (Å²) in [6.07, 6.45) is 1.78. The van der Waals surface area contributed by atoms with Crippen molar-refractivity contribution < 1.29 is 13.2 Å². The molecule has 5 nitrogen and oxygen atoms in total. The topological polar surface area (TPSA) is 75.3 Å². The average molecular weight is 370 g/mol. The molecule has 0 saturated carbocycles. The van der Waals surface area contributed by atoms with Gasteiger partial charge in [0.2, 0.25) is 10.0 Å². The van der Waals surface area contributed by atoms with Crippen molar-refractivity contribution in [3.8, 4) is 0 Å². The fourth-order valence-corrected chi connectivity index (χ4v) is 3.60. The first-order valence-corrected chi connectivity index (χ1v) is 9.82. The first kappa shape index (κ1) is 18.4. The molecule has 6 heteroatoms. The van der Waals surface area contributed by atoms with Crippen LogP contribution in [-0.2, 0) is 20.2 Å². The van der Waals surface area contributed by atoms with E-state index in [2.05, 4.69) is 30.8 Å². The van der Waals surface area contributed by atoms with Gasteiger partial charge in [0.25, 0.3) is 5.91 Å². The van der Waals surface area contributed by atoms with E-state index in [4.69, 9.17) is 0 Å². The van der Waals surface area contributed by atoms with E-state index in [0.29, 0.717) is 16.8 Å². The molecule has 136 valence electrons. The number of rotatable bonds is 3. The summed E-state index contributed by atoms with van der Waals surface area (Å²) in [4.78, 5) is 12.5. The Hall–Kier alpha value is -2.44. The summed E-state index contributed by atoms with van der Waals surface area (Å²) in [5, 5.41) is 2.78. The van der Waals surface area contributed by atoms with Gasteiger partial charge in [0.15, 0.2) is 0 Å². The second-order valence-corrected chi connectivity index (χ2v) is 9.19. The molecule has 0 atom stereocenters. The second kappa shape index (κ2) is 6.37. The van der Waals surface area contributed by atoms with E-state index < -0.39 is 10.0 Å². The smallest absolute Gasteiger partial charge is 0.256 e. The zero-order chi connectivity index (χ0) is 19.1. The van der Waals surface area contributed by atoms with E-state index in [1.54, 1.807) is 12.1 Å². The van der Waals surface area contributed by atoms with Crippen LogP contribution in [0.3, 0.4) is 0 Å². The molecule has 0 fully saturated rings. The molecule has 0 aromatic heterocycles. The Bertz CT molecular complexity index is 998. The number of sulfonamides is 1. The van der Waals surface area contributed by atoms with Crippen molar-refractivity contribution in [1.29, 1.82) is 0 Å². The highest BCUT2D eigenvalue weighted by Crippen LogP contribution is 2.35. The minimum absolute atomic E-state index is 0.0550. The van der Waals surface area contributed by atoms with Gasteiger partial charge >= 0.3 is 0 Å². The maximum Gasteiger partial charge on any atom is 0.256 e. The van der Waals surface area contributed by atoms with Crippen LogP contribution in [0.15, 0.2) is 47.4 Å². The lowest BCUT2D eigenvalue weighted by Crippen LogP contribution is -2.18. The standard InChI is InChI=1S/C20H22N2O3S/c1-20(2,3)14-7-5-13(6-8-14)11-17-16-12-15(26(24,25)21-4)9-10-18(16)22-19(17)23/h5-12,21H,1-4H3,(H,22,23). The Morgan fingerprint density at radius 1 is 1.04 bits per heavy atom. The summed E-state index contributed by atoms with van der Waals surface area (Å²) in [6, 6.07) is 12.6. The predicted molar refractivity (Wildman–Crippen MR) is 104 cm³/mol. The Kier molecular flexibility index (Phi) is 4.50. The molecule has 1 amide bonds. The van der Waals surface area contributed by atoms with Crippen molar-refractivity contribution >= 4 is 33.3 Å². The molecule has 0 spiro atoms. The average Bonchev–Trinajstić information content (AvgIpc) is 2.89. The van der Waals surface area contributed by atoms with Gasteiger partial charge in [-0.25, -0.2) is 13.1 Å². The van der Waals surface area contributed by atoms with E-state index >= 15 is 0 Å². The number of hydrogen-bond acceptors (Lipinski definition) is 3. The van der Waals surface area contributed by atoms with Crippen LogP contribution in [0.5, 0.6) is 0 Å². The van der Waals surface area contributed by atoms with Crippen LogP contribution in [0.2, 0.25) is 0 Å². The largest absolute Gasteiger partial charge is 0.321 e. The molecule has 1 aliphatic heterocycles. The molecule has 0 unspecified atom stereocenters. The van der Waals surface area contributed by atoms with Crippen molar-refractivity contribution in [3.63, 3.8) is 0 Å². The molecule has 0 bridgehead atoms. The van der Waals surface area contributed by atoms with Crippen LogP contribution in [0.1, 0.15) is 37.5 Å². The lowest BCUT2D eigenvalue weighted by Gasteiger charge is -2.18. The molecule has 3 rings (SSSR count). The van der Waals surface area contributed by atoms with Gasteiger partial charge in [-0.1, -0.05) is 45.0 Å². The summed E-state index contributed by atoms with van der Waals surface area (Å²) in [5.74, 6) is -0.237. The van der Waals surface area contributed by atoms with Crippen LogP contribution in [-0.4, -0.2) is 21.4 Å². The van der Waals surface area contributed by atoms with Crippen molar-refractivity contribution in [3.05, 3.63) is 59.2 Å². The maximum atomic E-state index is 12.3. The number of carbonyl (C=O) groups excluding carboxylic acids is 1. The minimum atomic E-state index is -3.57. The van der Waals surface area contributed by atoms with Crippen molar-refractivity contribution in [1.82, 2.24) is 4.72 Å². The van der Waals surface area contributed by atoms with Crippen LogP contribution >= 0.6 is 0 Å². The number of anilines is 1. The zero-order valence-corrected chi connectivity index (χ0v) is 16.1. The fraction of sp³-hybridized carbons (Fsp3) is 0.250. The lowest BCUT2D eigenvalue weighted by molar-refractivity contribution is -0.110. The summed E-state index contributed by atoms with van der Waals surface area (Å²) in [5.41, 5.74) is 3.81. The number of hydrogen-bond donors (Lipinski definition) is 2. The fourth-order valence-electron chi connectivity index (χ4n) is 2.84. The van der Waals surface area contributed by atoms with E-state index in [1.165, 1.54) is 24.7 Å². The number of amides is 1. The monoisotopic (exact) mass is 370 g/mol. The highest BCUT2D eigenvalue weighted by atomic mass is 32.2. The Balaban J connectivity index is 2.04. The zero-order valence-electron chi connectivity index (χ0n) is 15.3. The number of nitrogens with one attached hydrogen (secondary N) is 2. The van der Waals surface area contributed by atoms with E-state index in [0.717, 1.165) is 5.56 Å². The summed E-state index contributed by atoms with van der Waals surface area (Å²) < 4.78 is 26.4. The molecule has 1 heterocycles. The summed E-state index contributed by atoms with van der Waals surface area (Å²) >= 11 is 0. The van der Waals surface area contributed by atoms with Crippen LogP contribution in [0, 0.1) is 0 Å². The summed E-state index contributed by atoms with van der Waals surface area (Å²) in [7, 11) is -2.21. The van der Waals surface area contributed by atoms with Gasteiger partial charge in [0, 0.05) is 16.8 Å². The Morgan fingerprint density at radius 2 is 1.69 bits per heavy atom. The molecule has 2 aromatic carbocycles. The van der Waals surface area contributed by atoms with Gasteiger partial charge in [0.05, 0.1) is 4.90 Å². The molecule has 26 heavy (non-hydrogen) atoms. The molecular formula is C20H22N2O3S. The molecule has 1 aliphatic rings. The highest BCUT2D eigenvalue weighted by Gasteiger charge is 2.26. The van der Waals surface area contributed by atoms with Gasteiger partial charge in [0.1, 0.15) is 0 Å². The van der Waals surface area contributed by atoms with E-state index in [1.807, 2.05) is 24.3 Å². The molecule has 2 aromatic rings. The van der Waals surface area contributed by atoms with Crippen molar-refractivity contribution in [2.24, 2.45) is 0 Å². The highest BCUT2D eigenvalue weighted by molar-refractivity contribution is 7.89. The number of fused-ring (bicyclic) bond motifs is 1. The van der Waals surface area contributed by atoms with Gasteiger partial charge in [-0.2, -0.15) is 0 Å². The molecule has 0 radical (unpaired) electrons. The van der Waals surface area contributed by atoms with Crippen LogP contribution in [0.4, 0.5) is 5.69 Å². The van der Waals surface area contributed by atoms with Crippen LogP contribution in [0.25, 0.3) is 11.6 Å². The Morgan fingerprint density at radius 3 is 2.27 bits per heavy atom. The molecule has 2 N–H and O–H groups in total. The van der Waals surface area contributed by atoms with E-state index in [9.17, 15) is 13.2 Å². The van der Waals surface area contributed by atoms with Crippen molar-refractivity contribution in [2.45, 2.75) is 31.1 Å². The maximum absolute atomic E-state index is 12.3. The normalized spacial score (nSPS) is 15.8. The van der Waals surface area contributed by atoms with E-state index in [-0.39, 0.29) is 16.2 Å². The first-order chi connectivity index (χ1) is 12.1. The first-order valence-electron chi connectivity index (χ1n) is 8.33. The molecule has 0 saturated heterocycles. The quantitative estimate of drug-likeness (QED) is 0.813. The van der Waals surface area contributed by atoms with Crippen LogP contribution < -0.4 is 10.0 Å². The van der Waals surface area contributed by atoms with Crippen molar-refractivity contribution in [2.75, 3.05) is 12.4 Å².